The Labute approximate surface area is 240 Å². The van der Waals surface area contributed by atoms with Gasteiger partial charge in [0.25, 0.3) is 0 Å². The summed E-state index contributed by atoms with van der Waals surface area (Å²) in [5.41, 5.74) is 6.47. The summed E-state index contributed by atoms with van der Waals surface area (Å²) in [6.07, 6.45) is 2.31. The van der Waals surface area contributed by atoms with Gasteiger partial charge in [0, 0.05) is 0 Å². The molecule has 0 heteroatoms. The van der Waals surface area contributed by atoms with E-state index >= 15 is 0 Å². The molecule has 0 fully saturated rings. The molecule has 41 heavy (non-hydrogen) atoms. The zero-order valence-electron chi connectivity index (χ0n) is 23.2. The summed E-state index contributed by atoms with van der Waals surface area (Å²) < 4.78 is 0. The Hall–Kier alpha value is -4.94. The molecule has 0 bridgehead atoms. The second-order valence-electron chi connectivity index (χ2n) is 11.3. The van der Waals surface area contributed by atoms with E-state index in [-0.39, 0.29) is 0 Å². The first-order valence-electron chi connectivity index (χ1n) is 14.7. The molecule has 0 aromatic heterocycles. The quantitative estimate of drug-likeness (QED) is 0.202. The average Bonchev–Trinajstić information content (AvgIpc) is 3.03. The van der Waals surface area contributed by atoms with E-state index in [0.717, 1.165) is 6.42 Å². The van der Waals surface area contributed by atoms with E-state index in [4.69, 9.17) is 0 Å². The monoisotopic (exact) mass is 522 g/mol. The summed E-state index contributed by atoms with van der Waals surface area (Å²) in [7, 11) is 0. The topological polar surface area (TPSA) is 0 Å². The molecule has 0 saturated heterocycles. The molecule has 0 heterocycles. The zero-order valence-corrected chi connectivity index (χ0v) is 23.2. The van der Waals surface area contributed by atoms with Crippen molar-refractivity contribution in [3.8, 4) is 22.3 Å². The Kier molecular flexibility index (Phi) is 5.60. The van der Waals surface area contributed by atoms with Gasteiger partial charge in [-0.1, -0.05) is 129 Å². The van der Waals surface area contributed by atoms with E-state index in [1.54, 1.807) is 0 Å². The summed E-state index contributed by atoms with van der Waals surface area (Å²) in [6, 6.07) is 52.0. The van der Waals surface area contributed by atoms with Gasteiger partial charge in [-0.3, -0.25) is 0 Å². The lowest BCUT2D eigenvalue weighted by Crippen LogP contribution is -1.87. The smallest absolute Gasteiger partial charge is 0.00264 e. The molecule has 0 aliphatic carbocycles. The van der Waals surface area contributed by atoms with E-state index in [1.165, 1.54) is 88.1 Å². The Balaban J connectivity index is 1.27. The van der Waals surface area contributed by atoms with Crippen molar-refractivity contribution in [1.29, 1.82) is 0 Å². The van der Waals surface area contributed by atoms with Crippen LogP contribution >= 0.6 is 0 Å². The van der Waals surface area contributed by atoms with Crippen LogP contribution < -0.4 is 0 Å². The van der Waals surface area contributed by atoms with Crippen LogP contribution in [0, 0.1) is 0 Å². The molecule has 8 rings (SSSR count). The van der Waals surface area contributed by atoms with Crippen LogP contribution in [0.3, 0.4) is 0 Å². The summed E-state index contributed by atoms with van der Waals surface area (Å²) in [6.45, 7) is 2.24. The standard InChI is InChI=1S/C41H30/c1-2-7-27-12-13-31-23-32(19-18-30(31)22-27)33-17-14-28-15-20-34(25-36(28)24-33)40-26-35-21-16-29-8-3-4-9-37(29)41(35)39-11-6-5-10-38(39)40/h3-6,8-26H,2,7H2,1H3. The molecule has 0 nitrogen and oxygen atoms in total. The van der Waals surface area contributed by atoms with Crippen LogP contribution in [-0.4, -0.2) is 0 Å². The number of fused-ring (bicyclic) bond motifs is 7. The first-order valence-corrected chi connectivity index (χ1v) is 14.7. The van der Waals surface area contributed by atoms with Crippen LogP contribution in [0.1, 0.15) is 18.9 Å². The maximum absolute atomic E-state index is 2.38. The van der Waals surface area contributed by atoms with Gasteiger partial charge in [-0.25, -0.2) is 0 Å². The number of hydrogen-bond donors (Lipinski definition) is 0. The molecule has 0 spiro atoms. The van der Waals surface area contributed by atoms with Gasteiger partial charge in [-0.15, -0.1) is 0 Å². The van der Waals surface area contributed by atoms with E-state index in [1.807, 2.05) is 0 Å². The number of hydrogen-bond acceptors (Lipinski definition) is 0. The van der Waals surface area contributed by atoms with Gasteiger partial charge in [0.1, 0.15) is 0 Å². The highest BCUT2D eigenvalue weighted by atomic mass is 14.2. The minimum Gasteiger partial charge on any atom is -0.0651 e. The normalized spacial score (nSPS) is 11.7. The maximum Gasteiger partial charge on any atom is -0.00264 e. The average molecular weight is 523 g/mol. The third-order valence-electron chi connectivity index (χ3n) is 8.68. The highest BCUT2D eigenvalue weighted by Crippen LogP contribution is 2.39. The van der Waals surface area contributed by atoms with E-state index in [0.29, 0.717) is 0 Å². The lowest BCUT2D eigenvalue weighted by atomic mass is 9.90. The number of rotatable bonds is 4. The van der Waals surface area contributed by atoms with Crippen LogP contribution in [-0.2, 0) is 6.42 Å². The minimum absolute atomic E-state index is 1.13. The van der Waals surface area contributed by atoms with Crippen molar-refractivity contribution < 1.29 is 0 Å². The Bertz CT molecular complexity index is 2270. The molecule has 0 aliphatic rings. The fraction of sp³-hybridized carbons (Fsp3) is 0.0732. The van der Waals surface area contributed by atoms with E-state index in [9.17, 15) is 0 Å². The van der Waals surface area contributed by atoms with E-state index < -0.39 is 0 Å². The van der Waals surface area contributed by atoms with Crippen molar-refractivity contribution in [2.24, 2.45) is 0 Å². The van der Waals surface area contributed by atoms with Gasteiger partial charge in [0.2, 0.25) is 0 Å². The molecule has 8 aromatic rings. The van der Waals surface area contributed by atoms with Crippen LogP contribution in [0.4, 0.5) is 0 Å². The Morgan fingerprint density at radius 2 is 0.976 bits per heavy atom. The first-order chi connectivity index (χ1) is 20.2. The predicted octanol–water partition coefficient (Wildman–Crippen LogP) is 11.7. The molecule has 0 unspecified atom stereocenters. The fourth-order valence-corrected chi connectivity index (χ4v) is 6.63. The third-order valence-corrected chi connectivity index (χ3v) is 8.68. The Morgan fingerprint density at radius 3 is 1.80 bits per heavy atom. The molecule has 0 aliphatic heterocycles. The Morgan fingerprint density at radius 1 is 0.390 bits per heavy atom. The second-order valence-corrected chi connectivity index (χ2v) is 11.3. The van der Waals surface area contributed by atoms with Gasteiger partial charge >= 0.3 is 0 Å². The van der Waals surface area contributed by atoms with Crippen molar-refractivity contribution >= 4 is 53.9 Å². The maximum atomic E-state index is 2.38. The van der Waals surface area contributed by atoms with Crippen molar-refractivity contribution in [2.45, 2.75) is 19.8 Å². The molecule has 0 amide bonds. The van der Waals surface area contributed by atoms with Crippen LogP contribution in [0.5, 0.6) is 0 Å². The zero-order chi connectivity index (χ0) is 27.3. The minimum atomic E-state index is 1.13. The molecular weight excluding hydrogens is 492 g/mol. The van der Waals surface area contributed by atoms with Crippen molar-refractivity contribution in [3.05, 3.63) is 145 Å². The predicted molar refractivity (Wildman–Crippen MR) is 179 cm³/mol. The van der Waals surface area contributed by atoms with Crippen molar-refractivity contribution in [2.75, 3.05) is 0 Å². The molecule has 0 radical (unpaired) electrons. The van der Waals surface area contributed by atoms with Crippen LogP contribution in [0.25, 0.3) is 76.1 Å². The molecule has 0 atom stereocenters. The number of aryl methyl sites for hydroxylation is 1. The molecule has 8 aromatic carbocycles. The van der Waals surface area contributed by atoms with Gasteiger partial charge in [-0.05, 0) is 112 Å². The largest absolute Gasteiger partial charge is 0.0651 e. The second kappa shape index (κ2) is 9.61. The molecule has 0 saturated carbocycles. The SMILES string of the molecule is CCCc1ccc2cc(-c3ccc4ccc(-c5cc6ccc7ccccc7c6c6ccccc56)cc4c3)ccc2c1. The first kappa shape index (κ1) is 23.9. The highest BCUT2D eigenvalue weighted by molar-refractivity contribution is 6.23. The van der Waals surface area contributed by atoms with Crippen LogP contribution in [0.2, 0.25) is 0 Å². The highest BCUT2D eigenvalue weighted by Gasteiger charge is 2.12. The van der Waals surface area contributed by atoms with Gasteiger partial charge in [-0.2, -0.15) is 0 Å². The fourth-order valence-electron chi connectivity index (χ4n) is 6.63. The van der Waals surface area contributed by atoms with Crippen molar-refractivity contribution in [3.63, 3.8) is 0 Å². The summed E-state index contributed by atoms with van der Waals surface area (Å²) in [4.78, 5) is 0. The summed E-state index contributed by atoms with van der Waals surface area (Å²) in [5.74, 6) is 0. The lowest BCUT2D eigenvalue weighted by Gasteiger charge is -2.14. The summed E-state index contributed by atoms with van der Waals surface area (Å²) >= 11 is 0. The lowest BCUT2D eigenvalue weighted by molar-refractivity contribution is 0.924. The molecule has 0 N–H and O–H groups in total. The van der Waals surface area contributed by atoms with Crippen molar-refractivity contribution in [1.82, 2.24) is 0 Å². The summed E-state index contributed by atoms with van der Waals surface area (Å²) in [5, 5.41) is 13.0. The third kappa shape index (κ3) is 4.07. The van der Waals surface area contributed by atoms with Gasteiger partial charge in [0.15, 0.2) is 0 Å². The van der Waals surface area contributed by atoms with E-state index in [2.05, 4.69) is 146 Å². The van der Waals surface area contributed by atoms with Gasteiger partial charge < -0.3 is 0 Å². The van der Waals surface area contributed by atoms with Crippen LogP contribution in [0.15, 0.2) is 140 Å². The number of benzene rings is 8. The molecular formula is C41H30. The molecule has 194 valence electrons. The van der Waals surface area contributed by atoms with Gasteiger partial charge in [0.05, 0.1) is 0 Å².